The third-order valence-electron chi connectivity index (χ3n) is 7.91. The summed E-state index contributed by atoms with van der Waals surface area (Å²) in [5, 5.41) is 5.77. The molecular weight excluding hydrogens is 506 g/mol. The van der Waals surface area contributed by atoms with E-state index < -0.39 is 17.0 Å². The predicted octanol–water partition coefficient (Wildman–Crippen LogP) is 7.25. The fourth-order valence-electron chi connectivity index (χ4n) is 5.59. The summed E-state index contributed by atoms with van der Waals surface area (Å²) in [6, 6.07) is 24.6. The largest absolute Gasteiger partial charge is 0.593 e. The smallest absolute Gasteiger partial charge is 0.215 e. The lowest BCUT2D eigenvalue weighted by Crippen LogP contribution is -2.35. The quantitative estimate of drug-likeness (QED) is 0.271. The van der Waals surface area contributed by atoms with Crippen molar-refractivity contribution in [3.8, 4) is 16.9 Å². The summed E-state index contributed by atoms with van der Waals surface area (Å²) in [7, 11) is 0. The molecule has 1 heterocycles. The van der Waals surface area contributed by atoms with Crippen molar-refractivity contribution in [2.75, 3.05) is 6.61 Å². The van der Waals surface area contributed by atoms with Crippen molar-refractivity contribution < 1.29 is 18.8 Å². The van der Waals surface area contributed by atoms with Crippen LogP contribution in [0.2, 0.25) is 0 Å². The molecule has 0 spiro atoms. The normalized spacial score (nSPS) is 20.7. The van der Waals surface area contributed by atoms with Crippen molar-refractivity contribution in [2.45, 2.75) is 87.1 Å². The van der Waals surface area contributed by atoms with E-state index in [4.69, 9.17) is 19.3 Å². The van der Waals surface area contributed by atoms with Gasteiger partial charge in [0.2, 0.25) is 4.90 Å². The Morgan fingerprint density at radius 3 is 2.31 bits per heavy atom. The standard InChI is InChI=1S/C33H40NO4S/c1-33(28-10-4-2-5-11-28,38-32-14-8-9-23-36-32)22-21-25-15-17-26(18-16-25)27-19-20-31(39(34)35)30(24-27)37-29-12-6-3-7-13-29/h2,4-5,10-11,15-20,24,29,32H,1,3,6-9,12-14,21-23,34H2/t32?,33-,39?/m1/s1. The molecule has 6 heteroatoms. The maximum absolute atomic E-state index is 12.2. The number of aryl methyl sites for hydroxylation is 1. The average Bonchev–Trinajstić information content (AvgIpc) is 2.98. The molecule has 0 bridgehead atoms. The summed E-state index contributed by atoms with van der Waals surface area (Å²) in [5.41, 5.74) is 3.71. The minimum absolute atomic E-state index is 0.160. The van der Waals surface area contributed by atoms with Gasteiger partial charge in [-0.15, -0.1) is 5.14 Å². The Labute approximate surface area is 236 Å². The van der Waals surface area contributed by atoms with E-state index in [9.17, 15) is 4.55 Å². The van der Waals surface area contributed by atoms with Crippen molar-refractivity contribution in [2.24, 2.45) is 5.14 Å². The predicted molar refractivity (Wildman–Crippen MR) is 156 cm³/mol. The Kier molecular flexibility index (Phi) is 9.64. The molecular formula is C33H40NO4S. The number of hydrogen-bond acceptors (Lipinski definition) is 5. The Balaban J connectivity index is 1.29. The fourth-order valence-corrected chi connectivity index (χ4v) is 6.10. The lowest BCUT2D eigenvalue weighted by molar-refractivity contribution is -0.217. The number of rotatable bonds is 10. The summed E-state index contributed by atoms with van der Waals surface area (Å²) in [5.74, 6) is 0.635. The minimum atomic E-state index is -1.60. The molecule has 0 aromatic heterocycles. The molecule has 2 aliphatic rings. The fraction of sp³-hybridized carbons (Fsp3) is 0.424. The summed E-state index contributed by atoms with van der Waals surface area (Å²) in [6.07, 6.45) is 10.3. The molecule has 5 rings (SSSR count). The van der Waals surface area contributed by atoms with Gasteiger partial charge in [0.1, 0.15) is 0 Å². The van der Waals surface area contributed by atoms with Gasteiger partial charge in [-0.3, -0.25) is 0 Å². The van der Waals surface area contributed by atoms with Crippen molar-refractivity contribution in [3.63, 3.8) is 0 Å². The highest BCUT2D eigenvalue weighted by molar-refractivity contribution is 7.89. The van der Waals surface area contributed by atoms with Gasteiger partial charge in [-0.2, -0.15) is 0 Å². The first-order chi connectivity index (χ1) is 19.0. The SMILES string of the molecule is [CH2][C@](CCc1ccc(-c2ccc([S+](N)[O-])c(OC3CCCCC3)c2)cc1)(OC1CCCCO1)c1ccccc1. The van der Waals surface area contributed by atoms with Crippen LogP contribution < -0.4 is 9.88 Å². The number of benzene rings is 3. The number of nitrogens with two attached hydrogens (primary N) is 1. The van der Waals surface area contributed by atoms with Crippen molar-refractivity contribution in [1.29, 1.82) is 0 Å². The zero-order valence-electron chi connectivity index (χ0n) is 22.7. The van der Waals surface area contributed by atoms with Gasteiger partial charge in [-0.1, -0.05) is 61.0 Å². The van der Waals surface area contributed by atoms with Crippen LogP contribution in [0.15, 0.2) is 77.7 Å². The van der Waals surface area contributed by atoms with Crippen LogP contribution in [0.4, 0.5) is 0 Å². The van der Waals surface area contributed by atoms with E-state index in [0.717, 1.165) is 68.2 Å². The summed E-state index contributed by atoms with van der Waals surface area (Å²) in [6.45, 7) is 5.29. The van der Waals surface area contributed by atoms with E-state index >= 15 is 0 Å². The Morgan fingerprint density at radius 1 is 0.897 bits per heavy atom. The molecule has 1 aliphatic carbocycles. The average molecular weight is 547 g/mol. The molecule has 1 saturated heterocycles. The van der Waals surface area contributed by atoms with E-state index in [-0.39, 0.29) is 12.4 Å². The number of hydrogen-bond donors (Lipinski definition) is 1. The molecule has 2 N–H and O–H groups in total. The Hall–Kier alpha value is -2.35. The van der Waals surface area contributed by atoms with Crippen LogP contribution in [0.5, 0.6) is 5.75 Å². The van der Waals surface area contributed by atoms with Gasteiger partial charge < -0.3 is 18.8 Å². The second-order valence-electron chi connectivity index (χ2n) is 10.8. The first-order valence-corrected chi connectivity index (χ1v) is 15.5. The number of ether oxygens (including phenoxy) is 3. The molecule has 1 aliphatic heterocycles. The third-order valence-corrected chi connectivity index (χ3v) is 8.68. The van der Waals surface area contributed by atoms with E-state index in [0.29, 0.717) is 10.6 Å². The van der Waals surface area contributed by atoms with E-state index in [2.05, 4.69) is 43.3 Å². The van der Waals surface area contributed by atoms with E-state index in [1.54, 1.807) is 0 Å². The zero-order valence-corrected chi connectivity index (χ0v) is 23.5. The first-order valence-electron chi connectivity index (χ1n) is 14.3. The van der Waals surface area contributed by atoms with Crippen molar-refractivity contribution >= 4 is 11.4 Å². The van der Waals surface area contributed by atoms with E-state index in [1.165, 1.54) is 24.8 Å². The zero-order chi connectivity index (χ0) is 27.1. The molecule has 1 saturated carbocycles. The molecule has 207 valence electrons. The van der Waals surface area contributed by atoms with Gasteiger partial charge in [-0.25, -0.2) is 0 Å². The van der Waals surface area contributed by atoms with Gasteiger partial charge >= 0.3 is 0 Å². The van der Waals surface area contributed by atoms with Crippen molar-refractivity contribution in [3.05, 3.63) is 90.8 Å². The molecule has 0 amide bonds. The maximum atomic E-state index is 12.2. The van der Waals surface area contributed by atoms with Crippen LogP contribution in [0.3, 0.4) is 0 Å². The van der Waals surface area contributed by atoms with Gasteiger partial charge in [0.25, 0.3) is 0 Å². The van der Waals surface area contributed by atoms with Gasteiger partial charge in [0, 0.05) is 6.61 Å². The third kappa shape index (κ3) is 7.44. The highest BCUT2D eigenvalue weighted by Crippen LogP contribution is 2.35. The van der Waals surface area contributed by atoms with Crippen LogP contribution in [-0.2, 0) is 32.9 Å². The second-order valence-corrected chi connectivity index (χ2v) is 11.8. The molecule has 3 aromatic carbocycles. The lowest BCUT2D eigenvalue weighted by Gasteiger charge is -2.36. The highest BCUT2D eigenvalue weighted by Gasteiger charge is 2.32. The molecule has 5 nitrogen and oxygen atoms in total. The molecule has 2 fully saturated rings. The van der Waals surface area contributed by atoms with Crippen LogP contribution >= 0.6 is 0 Å². The monoisotopic (exact) mass is 546 g/mol. The summed E-state index contributed by atoms with van der Waals surface area (Å²) in [4.78, 5) is 0.551. The summed E-state index contributed by atoms with van der Waals surface area (Å²) >= 11 is -1.60. The topological polar surface area (TPSA) is 76.8 Å². The van der Waals surface area contributed by atoms with Gasteiger partial charge in [-0.05, 0) is 105 Å². The second kappa shape index (κ2) is 13.3. The molecule has 39 heavy (non-hydrogen) atoms. The van der Waals surface area contributed by atoms with Crippen LogP contribution in [0.1, 0.15) is 68.9 Å². The molecule has 3 aromatic rings. The van der Waals surface area contributed by atoms with E-state index in [1.807, 2.05) is 36.4 Å². The van der Waals surface area contributed by atoms with Crippen LogP contribution in [0.25, 0.3) is 11.1 Å². The van der Waals surface area contributed by atoms with Crippen molar-refractivity contribution in [1.82, 2.24) is 0 Å². The van der Waals surface area contributed by atoms with Gasteiger partial charge in [0.15, 0.2) is 12.0 Å². The Bertz CT molecular complexity index is 1170. The molecule has 2 unspecified atom stereocenters. The van der Waals surface area contributed by atoms with Crippen LogP contribution in [-0.4, -0.2) is 23.6 Å². The molecule has 3 atom stereocenters. The minimum Gasteiger partial charge on any atom is -0.593 e. The highest BCUT2D eigenvalue weighted by atomic mass is 32.2. The summed E-state index contributed by atoms with van der Waals surface area (Å²) < 4.78 is 30.9. The van der Waals surface area contributed by atoms with Gasteiger partial charge in [0.05, 0.1) is 23.1 Å². The maximum Gasteiger partial charge on any atom is 0.215 e. The Morgan fingerprint density at radius 2 is 1.62 bits per heavy atom. The first kappa shape index (κ1) is 28.2. The van der Waals surface area contributed by atoms with Crippen LogP contribution in [0, 0.1) is 6.92 Å². The lowest BCUT2D eigenvalue weighted by atomic mass is 9.88. The molecule has 1 radical (unpaired) electrons.